The number of ether oxygens (including phenoxy) is 2. The molecule has 3 aromatic rings. The van der Waals surface area contributed by atoms with Crippen LogP contribution in [0.5, 0.6) is 11.5 Å². The predicted molar refractivity (Wildman–Crippen MR) is 95.6 cm³/mol. The van der Waals surface area contributed by atoms with E-state index in [1.54, 1.807) is 31.0 Å². The van der Waals surface area contributed by atoms with E-state index in [0.717, 1.165) is 22.3 Å². The first-order valence-electron chi connectivity index (χ1n) is 7.73. The summed E-state index contributed by atoms with van der Waals surface area (Å²) in [6, 6.07) is 13.7. The molecule has 0 saturated heterocycles. The molecule has 130 valence electrons. The van der Waals surface area contributed by atoms with E-state index in [4.69, 9.17) is 9.47 Å². The number of hydrogen-bond donors (Lipinski definition) is 0. The quantitative estimate of drug-likeness (QED) is 0.474. The highest BCUT2D eigenvalue weighted by Crippen LogP contribution is 2.29. The molecule has 1 heterocycles. The van der Waals surface area contributed by atoms with Gasteiger partial charge in [0.25, 0.3) is 0 Å². The summed E-state index contributed by atoms with van der Waals surface area (Å²) in [6.45, 7) is 0.493. The van der Waals surface area contributed by atoms with Crippen LogP contribution in [0.2, 0.25) is 0 Å². The Kier molecular flexibility index (Phi) is 5.55. The molecule has 0 atom stereocenters. The van der Waals surface area contributed by atoms with Crippen LogP contribution in [0, 0.1) is 5.82 Å². The lowest BCUT2D eigenvalue weighted by atomic mass is 10.2. The zero-order chi connectivity index (χ0) is 17.6. The van der Waals surface area contributed by atoms with Gasteiger partial charge in [-0.25, -0.2) is 4.39 Å². The zero-order valence-electron chi connectivity index (χ0n) is 14.0. The van der Waals surface area contributed by atoms with Crippen molar-refractivity contribution in [2.24, 2.45) is 7.05 Å². The molecule has 0 unspecified atom stereocenters. The molecule has 0 saturated carbocycles. The fraction of sp³-hybridized carbons (Fsp3) is 0.222. The Morgan fingerprint density at radius 3 is 2.60 bits per heavy atom. The molecule has 25 heavy (non-hydrogen) atoms. The minimum Gasteiger partial charge on any atom is -0.496 e. The van der Waals surface area contributed by atoms with E-state index in [1.165, 1.54) is 12.1 Å². The van der Waals surface area contributed by atoms with Crippen molar-refractivity contribution in [3.63, 3.8) is 0 Å². The molecule has 0 fully saturated rings. The molecule has 7 heteroatoms. The maximum atomic E-state index is 12.9. The number of halogens is 1. The molecule has 0 amide bonds. The number of methoxy groups -OCH3 is 1. The molecule has 0 N–H and O–H groups in total. The van der Waals surface area contributed by atoms with Crippen molar-refractivity contribution in [1.29, 1.82) is 0 Å². The highest BCUT2D eigenvalue weighted by atomic mass is 32.2. The Hall–Kier alpha value is -2.54. The summed E-state index contributed by atoms with van der Waals surface area (Å²) in [7, 11) is 3.56. The van der Waals surface area contributed by atoms with E-state index in [1.807, 2.05) is 35.9 Å². The zero-order valence-corrected chi connectivity index (χ0v) is 14.8. The lowest BCUT2D eigenvalue weighted by Gasteiger charge is -2.08. The van der Waals surface area contributed by atoms with Gasteiger partial charge in [0.05, 0.1) is 19.3 Å². The minimum atomic E-state index is -0.273. The maximum absolute atomic E-state index is 12.9. The van der Waals surface area contributed by atoms with Crippen molar-refractivity contribution in [1.82, 2.24) is 14.8 Å². The third-order valence-electron chi connectivity index (χ3n) is 3.58. The van der Waals surface area contributed by atoms with Crippen molar-refractivity contribution < 1.29 is 13.9 Å². The summed E-state index contributed by atoms with van der Waals surface area (Å²) in [6.07, 6.45) is 0. The van der Waals surface area contributed by atoms with E-state index in [2.05, 4.69) is 10.2 Å². The average Bonchev–Trinajstić information content (AvgIpc) is 3.00. The first-order valence-corrected chi connectivity index (χ1v) is 8.71. The number of benzene rings is 2. The van der Waals surface area contributed by atoms with Crippen LogP contribution in [0.25, 0.3) is 11.4 Å². The summed E-state index contributed by atoms with van der Waals surface area (Å²) in [5.74, 6) is 2.59. The highest BCUT2D eigenvalue weighted by Gasteiger charge is 2.14. The lowest BCUT2D eigenvalue weighted by molar-refractivity contribution is 0.343. The van der Waals surface area contributed by atoms with Crippen LogP contribution >= 0.6 is 11.8 Å². The third-order valence-corrected chi connectivity index (χ3v) is 4.56. The SMILES string of the molecule is COc1ccccc1-c1nnc(SCCOc2ccc(F)cc2)n1C. The van der Waals surface area contributed by atoms with Gasteiger partial charge in [0.15, 0.2) is 11.0 Å². The van der Waals surface area contributed by atoms with Gasteiger partial charge in [0, 0.05) is 12.8 Å². The fourth-order valence-corrected chi connectivity index (χ4v) is 3.06. The Bertz CT molecular complexity index is 837. The van der Waals surface area contributed by atoms with Crippen molar-refractivity contribution in [3.05, 3.63) is 54.3 Å². The number of aromatic nitrogens is 3. The van der Waals surface area contributed by atoms with Crippen LogP contribution in [-0.2, 0) is 7.05 Å². The van der Waals surface area contributed by atoms with Crippen molar-refractivity contribution >= 4 is 11.8 Å². The lowest BCUT2D eigenvalue weighted by Crippen LogP contribution is -2.02. The molecule has 0 aliphatic rings. The van der Waals surface area contributed by atoms with Crippen molar-refractivity contribution in [3.8, 4) is 22.9 Å². The first kappa shape index (κ1) is 17.3. The monoisotopic (exact) mass is 359 g/mol. The largest absolute Gasteiger partial charge is 0.496 e. The summed E-state index contributed by atoms with van der Waals surface area (Å²) >= 11 is 1.55. The second-order valence-corrected chi connectivity index (χ2v) is 6.28. The Labute approximate surface area is 149 Å². The topological polar surface area (TPSA) is 49.2 Å². The van der Waals surface area contributed by atoms with Crippen LogP contribution in [0.1, 0.15) is 0 Å². The summed E-state index contributed by atoms with van der Waals surface area (Å²) in [4.78, 5) is 0. The van der Waals surface area contributed by atoms with Crippen LogP contribution in [0.4, 0.5) is 4.39 Å². The van der Waals surface area contributed by atoms with Gasteiger partial charge >= 0.3 is 0 Å². The molecule has 0 radical (unpaired) electrons. The Balaban J connectivity index is 1.61. The Morgan fingerprint density at radius 2 is 1.84 bits per heavy atom. The van der Waals surface area contributed by atoms with Crippen LogP contribution in [0.3, 0.4) is 0 Å². The van der Waals surface area contributed by atoms with Gasteiger partial charge in [-0.15, -0.1) is 10.2 Å². The average molecular weight is 359 g/mol. The minimum absolute atomic E-state index is 0.273. The molecule has 2 aromatic carbocycles. The van der Waals surface area contributed by atoms with Gasteiger partial charge in [-0.3, -0.25) is 0 Å². The molecule has 5 nitrogen and oxygen atoms in total. The van der Waals surface area contributed by atoms with Crippen LogP contribution in [-0.4, -0.2) is 34.2 Å². The number of rotatable bonds is 7. The van der Waals surface area contributed by atoms with Gasteiger partial charge in [0.1, 0.15) is 17.3 Å². The molecule has 3 rings (SSSR count). The van der Waals surface area contributed by atoms with Gasteiger partial charge in [-0.05, 0) is 36.4 Å². The van der Waals surface area contributed by atoms with Crippen LogP contribution < -0.4 is 9.47 Å². The second kappa shape index (κ2) is 8.02. The summed E-state index contributed by atoms with van der Waals surface area (Å²) < 4.78 is 25.8. The molecular formula is C18H18FN3O2S. The molecule has 0 spiro atoms. The van der Waals surface area contributed by atoms with Gasteiger partial charge in [-0.2, -0.15) is 0 Å². The highest BCUT2D eigenvalue weighted by molar-refractivity contribution is 7.99. The first-order chi connectivity index (χ1) is 12.2. The summed E-state index contributed by atoms with van der Waals surface area (Å²) in [5, 5.41) is 9.30. The number of nitrogens with zero attached hydrogens (tertiary/aromatic N) is 3. The van der Waals surface area contributed by atoms with E-state index < -0.39 is 0 Å². The van der Waals surface area contributed by atoms with Crippen molar-refractivity contribution in [2.45, 2.75) is 5.16 Å². The van der Waals surface area contributed by atoms with E-state index in [9.17, 15) is 4.39 Å². The molecule has 0 aliphatic carbocycles. The number of thioether (sulfide) groups is 1. The van der Waals surface area contributed by atoms with Gasteiger partial charge < -0.3 is 14.0 Å². The molecule has 0 aliphatic heterocycles. The smallest absolute Gasteiger partial charge is 0.191 e. The molecular weight excluding hydrogens is 341 g/mol. The third kappa shape index (κ3) is 4.11. The van der Waals surface area contributed by atoms with Gasteiger partial charge in [-0.1, -0.05) is 23.9 Å². The van der Waals surface area contributed by atoms with Crippen molar-refractivity contribution in [2.75, 3.05) is 19.5 Å². The van der Waals surface area contributed by atoms with E-state index >= 15 is 0 Å². The second-order valence-electron chi connectivity index (χ2n) is 5.22. The van der Waals surface area contributed by atoms with Gasteiger partial charge in [0.2, 0.25) is 0 Å². The summed E-state index contributed by atoms with van der Waals surface area (Å²) in [5.41, 5.74) is 0.898. The molecule has 0 bridgehead atoms. The predicted octanol–water partition coefficient (Wildman–Crippen LogP) is 3.80. The maximum Gasteiger partial charge on any atom is 0.191 e. The molecule has 1 aromatic heterocycles. The standard InChI is InChI=1S/C18H18FN3O2S/c1-22-17(15-5-3-4-6-16(15)23-2)20-21-18(22)25-12-11-24-14-9-7-13(19)8-10-14/h3-10H,11-12H2,1-2H3. The Morgan fingerprint density at radius 1 is 1.08 bits per heavy atom. The van der Waals surface area contributed by atoms with Crippen LogP contribution in [0.15, 0.2) is 53.7 Å². The number of hydrogen-bond acceptors (Lipinski definition) is 5. The van der Waals surface area contributed by atoms with E-state index in [0.29, 0.717) is 18.1 Å². The van der Waals surface area contributed by atoms with E-state index in [-0.39, 0.29) is 5.82 Å². The normalized spacial score (nSPS) is 10.7. The fourth-order valence-electron chi connectivity index (χ4n) is 2.33. The number of para-hydroxylation sites is 1.